The molecule has 0 unspecified atom stereocenters. The zero-order valence-corrected chi connectivity index (χ0v) is 14.3. The third-order valence-corrected chi connectivity index (χ3v) is 4.13. The Morgan fingerprint density at radius 2 is 2.00 bits per heavy atom. The minimum Gasteiger partial charge on any atom is -0.331 e. The van der Waals surface area contributed by atoms with Crippen LogP contribution in [0.1, 0.15) is 6.92 Å². The van der Waals surface area contributed by atoms with Gasteiger partial charge in [-0.25, -0.2) is 4.98 Å². The number of hydrogen-bond acceptors (Lipinski definition) is 6. The van der Waals surface area contributed by atoms with Crippen LogP contribution in [0, 0.1) is 15.9 Å². The van der Waals surface area contributed by atoms with E-state index in [1.54, 1.807) is 23.6 Å². The number of benzene rings is 2. The molecule has 0 aliphatic carbocycles. The number of halogens is 1. The fourth-order valence-electron chi connectivity index (χ4n) is 2.28. The number of aromatic nitrogens is 1. The second-order valence-corrected chi connectivity index (χ2v) is 6.21. The molecule has 3 aromatic rings. The molecule has 3 rings (SSSR count). The first kappa shape index (κ1) is 17.5. The van der Waals surface area contributed by atoms with Gasteiger partial charge in [0.2, 0.25) is 11.7 Å². The van der Waals surface area contributed by atoms with Crippen molar-refractivity contribution in [2.24, 2.45) is 0 Å². The van der Waals surface area contributed by atoms with Crippen molar-refractivity contribution in [1.82, 2.24) is 4.98 Å². The maximum atomic E-state index is 13.5. The largest absolute Gasteiger partial charge is 0.331 e. The minimum atomic E-state index is -0.887. The van der Waals surface area contributed by atoms with Gasteiger partial charge in [-0.15, -0.1) is 11.3 Å². The number of amides is 1. The number of nitro groups is 1. The van der Waals surface area contributed by atoms with E-state index in [1.807, 2.05) is 6.07 Å². The first-order valence-electron chi connectivity index (χ1n) is 7.47. The highest BCUT2D eigenvalue weighted by atomic mass is 32.1. The van der Waals surface area contributed by atoms with E-state index in [9.17, 15) is 19.3 Å². The van der Waals surface area contributed by atoms with Crippen LogP contribution in [0.4, 0.5) is 26.6 Å². The molecule has 1 amide bonds. The molecule has 1 aromatic heterocycles. The number of rotatable bonds is 5. The van der Waals surface area contributed by atoms with Crippen molar-refractivity contribution in [3.8, 4) is 11.3 Å². The number of nitrogens with one attached hydrogen (secondary N) is 2. The van der Waals surface area contributed by atoms with E-state index >= 15 is 0 Å². The summed E-state index contributed by atoms with van der Waals surface area (Å²) in [6.45, 7) is 1.43. The van der Waals surface area contributed by atoms with Gasteiger partial charge in [-0.1, -0.05) is 6.07 Å². The van der Waals surface area contributed by atoms with Gasteiger partial charge in [0.25, 0.3) is 0 Å². The van der Waals surface area contributed by atoms with Crippen LogP contribution in [0.15, 0.2) is 47.8 Å². The maximum Gasteiger partial charge on any atom is 0.305 e. The molecule has 0 radical (unpaired) electrons. The number of carbonyl (C=O) groups excluding carboxylic acids is 1. The molecule has 0 fully saturated rings. The van der Waals surface area contributed by atoms with Gasteiger partial charge in [-0.2, -0.15) is 4.39 Å². The summed E-state index contributed by atoms with van der Waals surface area (Å²) in [5.41, 5.74) is 1.73. The SMILES string of the molecule is CC(=O)Nc1cccc(Nc2nc(-c3ccc(F)c([N+](=O)[O-])c3)cs2)c1. The summed E-state index contributed by atoms with van der Waals surface area (Å²) >= 11 is 1.30. The molecule has 0 spiro atoms. The van der Waals surface area contributed by atoms with Crippen LogP contribution in [0.3, 0.4) is 0 Å². The Labute approximate surface area is 151 Å². The van der Waals surface area contributed by atoms with Crippen LogP contribution in [0.2, 0.25) is 0 Å². The van der Waals surface area contributed by atoms with E-state index in [0.29, 0.717) is 22.1 Å². The van der Waals surface area contributed by atoms with Crippen molar-refractivity contribution in [2.45, 2.75) is 6.92 Å². The van der Waals surface area contributed by atoms with Crippen molar-refractivity contribution in [2.75, 3.05) is 10.6 Å². The van der Waals surface area contributed by atoms with Gasteiger partial charge >= 0.3 is 5.69 Å². The average Bonchev–Trinajstić information content (AvgIpc) is 3.03. The molecule has 0 atom stereocenters. The predicted molar refractivity (Wildman–Crippen MR) is 98.2 cm³/mol. The van der Waals surface area contributed by atoms with Crippen molar-refractivity contribution in [1.29, 1.82) is 0 Å². The highest BCUT2D eigenvalue weighted by molar-refractivity contribution is 7.14. The maximum absolute atomic E-state index is 13.5. The van der Waals surface area contributed by atoms with Crippen molar-refractivity contribution in [3.63, 3.8) is 0 Å². The average molecular weight is 372 g/mol. The van der Waals surface area contributed by atoms with Gasteiger partial charge in [0, 0.05) is 35.3 Å². The van der Waals surface area contributed by atoms with Gasteiger partial charge in [0.15, 0.2) is 5.13 Å². The molecule has 2 N–H and O–H groups in total. The van der Waals surface area contributed by atoms with Crippen molar-refractivity contribution >= 4 is 39.4 Å². The first-order chi connectivity index (χ1) is 12.4. The summed E-state index contributed by atoms with van der Waals surface area (Å²) in [4.78, 5) is 25.6. The smallest absolute Gasteiger partial charge is 0.305 e. The van der Waals surface area contributed by atoms with E-state index in [-0.39, 0.29) is 5.91 Å². The summed E-state index contributed by atoms with van der Waals surface area (Å²) in [5.74, 6) is -1.06. The molecule has 7 nitrogen and oxygen atoms in total. The van der Waals surface area contributed by atoms with Gasteiger partial charge in [-0.3, -0.25) is 14.9 Å². The molecule has 9 heteroatoms. The molecule has 2 aromatic carbocycles. The minimum absolute atomic E-state index is 0.170. The van der Waals surface area contributed by atoms with E-state index in [0.717, 1.165) is 17.8 Å². The standard InChI is InChI=1S/C17H13FN4O3S/c1-10(23)19-12-3-2-4-13(8-12)20-17-21-15(9-26-17)11-5-6-14(18)16(7-11)22(24)25/h2-9H,1H3,(H,19,23)(H,20,21). The molecule has 0 saturated heterocycles. The lowest BCUT2D eigenvalue weighted by atomic mass is 10.1. The number of nitro benzene ring substituents is 1. The van der Waals surface area contributed by atoms with Crippen LogP contribution in [0.5, 0.6) is 0 Å². The highest BCUT2D eigenvalue weighted by Crippen LogP contribution is 2.30. The Bertz CT molecular complexity index is 990. The quantitative estimate of drug-likeness (QED) is 0.505. The highest BCUT2D eigenvalue weighted by Gasteiger charge is 2.16. The number of anilines is 3. The Kier molecular flexibility index (Phi) is 4.90. The van der Waals surface area contributed by atoms with Crippen LogP contribution in [-0.4, -0.2) is 15.8 Å². The van der Waals surface area contributed by atoms with Gasteiger partial charge in [0.1, 0.15) is 0 Å². The Morgan fingerprint density at radius 1 is 1.23 bits per heavy atom. The number of hydrogen-bond donors (Lipinski definition) is 2. The van der Waals surface area contributed by atoms with Crippen LogP contribution >= 0.6 is 11.3 Å². The third-order valence-electron chi connectivity index (χ3n) is 3.38. The molecule has 0 aliphatic heterocycles. The zero-order chi connectivity index (χ0) is 18.7. The molecule has 0 bridgehead atoms. The lowest BCUT2D eigenvalue weighted by Gasteiger charge is -2.06. The fraction of sp³-hybridized carbons (Fsp3) is 0.0588. The van der Waals surface area contributed by atoms with Gasteiger partial charge in [-0.05, 0) is 30.3 Å². The molecule has 0 saturated carbocycles. The number of thiazole rings is 1. The molecule has 0 aliphatic rings. The Hall–Kier alpha value is -3.33. The second-order valence-electron chi connectivity index (χ2n) is 5.35. The monoisotopic (exact) mass is 372 g/mol. The topological polar surface area (TPSA) is 97.2 Å². The van der Waals surface area contributed by atoms with Crippen molar-refractivity contribution in [3.05, 3.63) is 63.8 Å². The Balaban J connectivity index is 1.81. The molecule has 132 valence electrons. The fourth-order valence-corrected chi connectivity index (χ4v) is 3.02. The summed E-state index contributed by atoms with van der Waals surface area (Å²) in [7, 11) is 0. The summed E-state index contributed by atoms with van der Waals surface area (Å²) < 4.78 is 13.5. The second kappa shape index (κ2) is 7.28. The van der Waals surface area contributed by atoms with Gasteiger partial charge in [0.05, 0.1) is 10.6 Å². The molecular formula is C17H13FN4O3S. The summed E-state index contributed by atoms with van der Waals surface area (Å²) in [5, 5.41) is 18.9. The van der Waals surface area contributed by atoms with Crippen LogP contribution < -0.4 is 10.6 Å². The van der Waals surface area contributed by atoms with Crippen LogP contribution in [-0.2, 0) is 4.79 Å². The lowest BCUT2D eigenvalue weighted by molar-refractivity contribution is -0.387. The Morgan fingerprint density at radius 3 is 2.73 bits per heavy atom. The number of nitrogens with zero attached hydrogens (tertiary/aromatic N) is 2. The lowest BCUT2D eigenvalue weighted by Crippen LogP contribution is -2.05. The molecular weight excluding hydrogens is 359 g/mol. The first-order valence-corrected chi connectivity index (χ1v) is 8.35. The van der Waals surface area contributed by atoms with E-state index in [1.165, 1.54) is 24.3 Å². The van der Waals surface area contributed by atoms with E-state index in [4.69, 9.17) is 0 Å². The zero-order valence-electron chi connectivity index (χ0n) is 13.5. The van der Waals surface area contributed by atoms with E-state index < -0.39 is 16.4 Å². The molecule has 1 heterocycles. The van der Waals surface area contributed by atoms with E-state index in [2.05, 4.69) is 15.6 Å². The van der Waals surface area contributed by atoms with Crippen LogP contribution in [0.25, 0.3) is 11.3 Å². The summed E-state index contributed by atoms with van der Waals surface area (Å²) in [6, 6.07) is 10.8. The third kappa shape index (κ3) is 4.01. The molecule has 26 heavy (non-hydrogen) atoms. The predicted octanol–water partition coefficient (Wildman–Crippen LogP) is 4.56. The number of carbonyl (C=O) groups is 1. The summed E-state index contributed by atoms with van der Waals surface area (Å²) in [6.07, 6.45) is 0. The van der Waals surface area contributed by atoms with Gasteiger partial charge < -0.3 is 10.6 Å². The normalized spacial score (nSPS) is 10.4. The van der Waals surface area contributed by atoms with Crippen molar-refractivity contribution < 1.29 is 14.1 Å².